The molecule has 5 heteroatoms. The zero-order valence-corrected chi connectivity index (χ0v) is 11.4. The molecule has 2 rings (SSSR count). The van der Waals surface area contributed by atoms with Gasteiger partial charge in [0.25, 0.3) is 0 Å². The SMILES string of the molecule is O=C(O)c1c(Cl)cccc1OCCCC1CCCO1. The third-order valence-electron chi connectivity index (χ3n) is 3.14. The lowest BCUT2D eigenvalue weighted by Gasteiger charge is -2.12. The van der Waals surface area contributed by atoms with Gasteiger partial charge in [0.15, 0.2) is 0 Å². The Labute approximate surface area is 117 Å². The lowest BCUT2D eigenvalue weighted by atomic mass is 10.1. The molecule has 1 atom stereocenters. The number of hydrogen-bond donors (Lipinski definition) is 1. The minimum Gasteiger partial charge on any atom is -0.493 e. The van der Waals surface area contributed by atoms with Crippen LogP contribution in [0.3, 0.4) is 0 Å². The predicted molar refractivity (Wildman–Crippen MR) is 72.1 cm³/mol. The van der Waals surface area contributed by atoms with E-state index in [9.17, 15) is 4.79 Å². The van der Waals surface area contributed by atoms with Crippen LogP contribution in [0.2, 0.25) is 5.02 Å². The van der Waals surface area contributed by atoms with E-state index in [0.29, 0.717) is 18.5 Å². The monoisotopic (exact) mass is 284 g/mol. The summed E-state index contributed by atoms with van der Waals surface area (Å²) in [5, 5.41) is 9.29. The van der Waals surface area contributed by atoms with Crippen molar-refractivity contribution in [3.05, 3.63) is 28.8 Å². The highest BCUT2D eigenvalue weighted by atomic mass is 35.5. The second kappa shape index (κ2) is 6.78. The van der Waals surface area contributed by atoms with Gasteiger partial charge in [-0.3, -0.25) is 0 Å². The molecular weight excluding hydrogens is 268 g/mol. The molecule has 0 aromatic heterocycles. The van der Waals surface area contributed by atoms with Crippen LogP contribution in [0.5, 0.6) is 5.75 Å². The summed E-state index contributed by atoms with van der Waals surface area (Å²) in [4.78, 5) is 11.1. The Hall–Kier alpha value is -1.26. The van der Waals surface area contributed by atoms with Gasteiger partial charge in [0, 0.05) is 6.61 Å². The summed E-state index contributed by atoms with van der Waals surface area (Å²) < 4.78 is 11.0. The van der Waals surface area contributed by atoms with E-state index in [1.807, 2.05) is 0 Å². The van der Waals surface area contributed by atoms with Crippen molar-refractivity contribution in [2.45, 2.75) is 31.8 Å². The molecule has 19 heavy (non-hydrogen) atoms. The Morgan fingerprint density at radius 3 is 3.05 bits per heavy atom. The van der Waals surface area contributed by atoms with E-state index in [-0.39, 0.29) is 10.6 Å². The lowest BCUT2D eigenvalue weighted by Crippen LogP contribution is -2.09. The fraction of sp³-hybridized carbons (Fsp3) is 0.500. The maximum Gasteiger partial charge on any atom is 0.341 e. The molecule has 1 heterocycles. The minimum atomic E-state index is -1.07. The van der Waals surface area contributed by atoms with Gasteiger partial charge in [0.2, 0.25) is 0 Å². The Bertz CT molecular complexity index is 441. The van der Waals surface area contributed by atoms with Crippen LogP contribution in [0.15, 0.2) is 18.2 Å². The zero-order valence-electron chi connectivity index (χ0n) is 10.6. The van der Waals surface area contributed by atoms with E-state index in [1.54, 1.807) is 18.2 Å². The number of hydrogen-bond acceptors (Lipinski definition) is 3. The van der Waals surface area contributed by atoms with Crippen LogP contribution >= 0.6 is 11.6 Å². The molecule has 0 saturated carbocycles. The summed E-state index contributed by atoms with van der Waals surface area (Å²) in [5.74, 6) is -0.743. The molecule has 1 saturated heterocycles. The smallest absolute Gasteiger partial charge is 0.341 e. The van der Waals surface area contributed by atoms with E-state index >= 15 is 0 Å². The van der Waals surface area contributed by atoms with Gasteiger partial charge in [0.05, 0.1) is 17.7 Å². The first kappa shape index (κ1) is 14.2. The minimum absolute atomic E-state index is 0.0290. The first-order valence-electron chi connectivity index (χ1n) is 6.44. The maximum atomic E-state index is 11.1. The van der Waals surface area contributed by atoms with E-state index in [4.69, 9.17) is 26.2 Å². The summed E-state index contributed by atoms with van der Waals surface area (Å²) in [5.41, 5.74) is 0.0290. The van der Waals surface area contributed by atoms with Crippen molar-refractivity contribution in [2.24, 2.45) is 0 Å². The van der Waals surface area contributed by atoms with Crippen LogP contribution in [0, 0.1) is 0 Å². The Balaban J connectivity index is 1.85. The molecule has 0 bridgehead atoms. The van der Waals surface area contributed by atoms with Crippen LogP contribution in [-0.4, -0.2) is 30.4 Å². The fourth-order valence-electron chi connectivity index (χ4n) is 2.20. The first-order valence-corrected chi connectivity index (χ1v) is 6.82. The van der Waals surface area contributed by atoms with E-state index in [0.717, 1.165) is 32.3 Å². The van der Waals surface area contributed by atoms with Gasteiger partial charge in [-0.05, 0) is 37.8 Å². The number of halogens is 1. The van der Waals surface area contributed by atoms with Crippen LogP contribution < -0.4 is 4.74 Å². The molecule has 0 amide bonds. The van der Waals surface area contributed by atoms with E-state index < -0.39 is 5.97 Å². The average molecular weight is 285 g/mol. The van der Waals surface area contributed by atoms with E-state index in [1.165, 1.54) is 0 Å². The molecule has 0 aliphatic carbocycles. The molecular formula is C14H17ClO4. The van der Waals surface area contributed by atoms with Crippen molar-refractivity contribution in [2.75, 3.05) is 13.2 Å². The van der Waals surface area contributed by atoms with Gasteiger partial charge in [-0.1, -0.05) is 17.7 Å². The van der Waals surface area contributed by atoms with Gasteiger partial charge in [0.1, 0.15) is 11.3 Å². The van der Waals surface area contributed by atoms with Gasteiger partial charge >= 0.3 is 5.97 Å². The highest BCUT2D eigenvalue weighted by molar-refractivity contribution is 6.33. The Morgan fingerprint density at radius 1 is 1.53 bits per heavy atom. The quantitative estimate of drug-likeness (QED) is 0.814. The zero-order chi connectivity index (χ0) is 13.7. The standard InChI is InChI=1S/C14H17ClO4/c15-11-6-1-7-12(13(11)14(16)17)19-9-3-5-10-4-2-8-18-10/h1,6-7,10H,2-5,8-9H2,(H,16,17). The molecule has 0 spiro atoms. The van der Waals surface area contributed by atoms with Crippen LogP contribution in [0.4, 0.5) is 0 Å². The van der Waals surface area contributed by atoms with Crippen molar-refractivity contribution >= 4 is 17.6 Å². The summed E-state index contributed by atoms with van der Waals surface area (Å²) in [7, 11) is 0. The number of carbonyl (C=O) groups is 1. The van der Waals surface area contributed by atoms with Gasteiger partial charge in [-0.2, -0.15) is 0 Å². The second-order valence-corrected chi connectivity index (χ2v) is 4.95. The van der Waals surface area contributed by atoms with Crippen LogP contribution in [-0.2, 0) is 4.74 Å². The number of aromatic carboxylic acids is 1. The molecule has 1 aromatic rings. The number of ether oxygens (including phenoxy) is 2. The summed E-state index contributed by atoms with van der Waals surface area (Å²) in [6.45, 7) is 1.32. The van der Waals surface area contributed by atoms with Crippen LogP contribution in [0.25, 0.3) is 0 Å². The summed E-state index contributed by atoms with van der Waals surface area (Å²) in [6, 6.07) is 4.86. The van der Waals surface area contributed by atoms with Gasteiger partial charge in [-0.25, -0.2) is 4.79 Å². The molecule has 104 valence electrons. The molecule has 1 N–H and O–H groups in total. The summed E-state index contributed by atoms with van der Waals surface area (Å²) in [6.07, 6.45) is 4.36. The largest absolute Gasteiger partial charge is 0.493 e. The van der Waals surface area contributed by atoms with Crippen molar-refractivity contribution < 1.29 is 19.4 Å². The third kappa shape index (κ3) is 3.85. The molecule has 0 radical (unpaired) electrons. The highest BCUT2D eigenvalue weighted by Crippen LogP contribution is 2.26. The van der Waals surface area contributed by atoms with Gasteiger partial charge < -0.3 is 14.6 Å². The first-order chi connectivity index (χ1) is 9.18. The van der Waals surface area contributed by atoms with E-state index in [2.05, 4.69) is 0 Å². The van der Waals surface area contributed by atoms with Crippen molar-refractivity contribution in [3.8, 4) is 5.75 Å². The van der Waals surface area contributed by atoms with Crippen LogP contribution in [0.1, 0.15) is 36.0 Å². The fourth-order valence-corrected chi connectivity index (χ4v) is 2.44. The number of rotatable bonds is 6. The van der Waals surface area contributed by atoms with Crippen molar-refractivity contribution in [1.29, 1.82) is 0 Å². The Kier molecular flexibility index (Phi) is 5.05. The number of carboxylic acids is 1. The van der Waals surface area contributed by atoms with Crippen molar-refractivity contribution in [1.82, 2.24) is 0 Å². The third-order valence-corrected chi connectivity index (χ3v) is 3.46. The molecule has 1 aromatic carbocycles. The molecule has 1 unspecified atom stereocenters. The Morgan fingerprint density at radius 2 is 2.37 bits per heavy atom. The second-order valence-electron chi connectivity index (χ2n) is 4.54. The molecule has 1 aliphatic rings. The van der Waals surface area contributed by atoms with Gasteiger partial charge in [-0.15, -0.1) is 0 Å². The normalized spacial score (nSPS) is 18.5. The molecule has 1 fully saturated rings. The average Bonchev–Trinajstić information content (AvgIpc) is 2.87. The molecule has 1 aliphatic heterocycles. The highest BCUT2D eigenvalue weighted by Gasteiger charge is 2.17. The lowest BCUT2D eigenvalue weighted by molar-refractivity contribution is 0.0691. The van der Waals surface area contributed by atoms with Crippen molar-refractivity contribution in [3.63, 3.8) is 0 Å². The summed E-state index contributed by atoms with van der Waals surface area (Å²) >= 11 is 5.86. The number of carboxylic acid groups (broad SMARTS) is 1. The number of benzene rings is 1. The molecule has 4 nitrogen and oxygen atoms in total. The maximum absolute atomic E-state index is 11.1. The topological polar surface area (TPSA) is 55.8 Å². The predicted octanol–water partition coefficient (Wildman–Crippen LogP) is 3.38.